The van der Waals surface area contributed by atoms with E-state index in [2.05, 4.69) is 29.3 Å². The van der Waals surface area contributed by atoms with Gasteiger partial charge < -0.3 is 4.90 Å². The molecule has 2 nitrogen and oxygen atoms in total. The molecule has 14 heavy (non-hydrogen) atoms. The zero-order valence-electron chi connectivity index (χ0n) is 7.86. The van der Waals surface area contributed by atoms with Gasteiger partial charge >= 0.3 is 0 Å². The number of anilines is 1. The molecule has 1 aliphatic heterocycles. The third-order valence-corrected chi connectivity index (χ3v) is 2.54. The van der Waals surface area contributed by atoms with E-state index >= 15 is 0 Å². The molecule has 2 aromatic carbocycles. The normalized spacial score (nSPS) is 13.6. The molecule has 3 rings (SSSR count). The Kier molecular flexibility index (Phi) is 1.39. The molecule has 67 valence electrons. The van der Waals surface area contributed by atoms with Gasteiger partial charge in [0.2, 0.25) is 0 Å². The van der Waals surface area contributed by atoms with Crippen molar-refractivity contribution in [2.75, 3.05) is 11.9 Å². The van der Waals surface area contributed by atoms with Gasteiger partial charge in [0.1, 0.15) is 0 Å². The highest BCUT2D eigenvalue weighted by Crippen LogP contribution is 2.35. The van der Waals surface area contributed by atoms with E-state index in [0.717, 1.165) is 5.69 Å². The highest BCUT2D eigenvalue weighted by atomic mass is 15.1. The number of rotatable bonds is 0. The SMILES string of the molecule is CN1C=Nc2c[c]cc3cccc1c23. The van der Waals surface area contributed by atoms with Crippen LogP contribution in [0.4, 0.5) is 11.4 Å². The number of benzene rings is 2. The van der Waals surface area contributed by atoms with E-state index in [1.807, 2.05) is 30.4 Å². The highest BCUT2D eigenvalue weighted by molar-refractivity contribution is 6.08. The van der Waals surface area contributed by atoms with Crippen molar-refractivity contribution < 1.29 is 0 Å². The van der Waals surface area contributed by atoms with Crippen molar-refractivity contribution >= 4 is 28.5 Å². The number of aliphatic imine (C=N–C) groups is 1. The van der Waals surface area contributed by atoms with Crippen LogP contribution in [-0.4, -0.2) is 13.4 Å². The first kappa shape index (κ1) is 7.56. The van der Waals surface area contributed by atoms with Crippen molar-refractivity contribution in [3.63, 3.8) is 0 Å². The topological polar surface area (TPSA) is 15.6 Å². The van der Waals surface area contributed by atoms with Gasteiger partial charge in [-0.15, -0.1) is 0 Å². The molecular weight excluding hydrogens is 172 g/mol. The second kappa shape index (κ2) is 2.58. The molecule has 0 saturated heterocycles. The molecule has 0 aromatic heterocycles. The first-order valence-corrected chi connectivity index (χ1v) is 4.56. The lowest BCUT2D eigenvalue weighted by atomic mass is 10.1. The Morgan fingerprint density at radius 3 is 3.14 bits per heavy atom. The molecule has 0 atom stereocenters. The minimum absolute atomic E-state index is 1.01. The van der Waals surface area contributed by atoms with Crippen LogP contribution >= 0.6 is 0 Å². The average Bonchev–Trinajstić information content (AvgIpc) is 2.24. The van der Waals surface area contributed by atoms with Gasteiger partial charge in [-0.1, -0.05) is 12.1 Å². The Balaban J connectivity index is 2.52. The van der Waals surface area contributed by atoms with Crippen molar-refractivity contribution in [3.8, 4) is 0 Å². The first-order valence-electron chi connectivity index (χ1n) is 4.56. The Bertz CT molecular complexity index is 524. The molecule has 2 heteroatoms. The molecule has 0 amide bonds. The fourth-order valence-corrected chi connectivity index (χ4v) is 1.85. The van der Waals surface area contributed by atoms with Crippen LogP contribution in [0.25, 0.3) is 10.8 Å². The van der Waals surface area contributed by atoms with Crippen molar-refractivity contribution in [1.29, 1.82) is 0 Å². The fraction of sp³-hybridized carbons (Fsp3) is 0.0833. The van der Waals surface area contributed by atoms with Crippen molar-refractivity contribution in [1.82, 2.24) is 0 Å². The Labute approximate surface area is 82.5 Å². The summed E-state index contributed by atoms with van der Waals surface area (Å²) in [5.41, 5.74) is 2.22. The molecule has 0 bridgehead atoms. The van der Waals surface area contributed by atoms with E-state index in [9.17, 15) is 0 Å². The van der Waals surface area contributed by atoms with E-state index in [0.29, 0.717) is 0 Å². The van der Waals surface area contributed by atoms with E-state index in [1.54, 1.807) is 0 Å². The van der Waals surface area contributed by atoms with Crippen LogP contribution in [0.2, 0.25) is 0 Å². The van der Waals surface area contributed by atoms with Gasteiger partial charge in [-0.3, -0.25) is 0 Å². The molecule has 1 radical (unpaired) electrons. The van der Waals surface area contributed by atoms with Gasteiger partial charge in [-0.2, -0.15) is 0 Å². The lowest BCUT2D eigenvalue weighted by Gasteiger charge is -2.20. The van der Waals surface area contributed by atoms with Crippen molar-refractivity contribution in [3.05, 3.63) is 36.4 Å². The highest BCUT2D eigenvalue weighted by Gasteiger charge is 2.11. The van der Waals surface area contributed by atoms with E-state index in [-0.39, 0.29) is 0 Å². The fourth-order valence-electron chi connectivity index (χ4n) is 1.85. The van der Waals surface area contributed by atoms with Gasteiger partial charge in [-0.25, -0.2) is 4.99 Å². The summed E-state index contributed by atoms with van der Waals surface area (Å²) in [6.45, 7) is 0. The molecule has 1 heterocycles. The predicted molar refractivity (Wildman–Crippen MR) is 59.3 cm³/mol. The Morgan fingerprint density at radius 1 is 1.29 bits per heavy atom. The summed E-state index contributed by atoms with van der Waals surface area (Å²) >= 11 is 0. The molecule has 1 aliphatic rings. The molecular formula is C12H9N2. The van der Waals surface area contributed by atoms with Crippen LogP contribution in [-0.2, 0) is 0 Å². The predicted octanol–water partition coefficient (Wildman–Crippen LogP) is 2.75. The maximum absolute atomic E-state index is 4.36. The second-order valence-electron chi connectivity index (χ2n) is 3.44. The van der Waals surface area contributed by atoms with Gasteiger partial charge in [0.25, 0.3) is 0 Å². The monoisotopic (exact) mass is 181 g/mol. The van der Waals surface area contributed by atoms with Crippen molar-refractivity contribution in [2.24, 2.45) is 4.99 Å². The molecule has 2 aromatic rings. The summed E-state index contributed by atoms with van der Waals surface area (Å²) in [6, 6.07) is 13.3. The van der Waals surface area contributed by atoms with Gasteiger partial charge in [0.05, 0.1) is 17.7 Å². The molecule has 0 spiro atoms. The van der Waals surface area contributed by atoms with Crippen LogP contribution in [0.15, 0.2) is 35.3 Å². The smallest absolute Gasteiger partial charge is 0.0954 e. The minimum Gasteiger partial charge on any atom is -0.335 e. The average molecular weight is 181 g/mol. The summed E-state index contributed by atoms with van der Waals surface area (Å²) in [6.07, 6.45) is 1.84. The Morgan fingerprint density at radius 2 is 2.21 bits per heavy atom. The third kappa shape index (κ3) is 0.880. The summed E-state index contributed by atoms with van der Waals surface area (Å²) in [5.74, 6) is 0. The number of nitrogens with zero attached hydrogens (tertiary/aromatic N) is 2. The zero-order valence-corrected chi connectivity index (χ0v) is 7.86. The second-order valence-corrected chi connectivity index (χ2v) is 3.44. The quantitative estimate of drug-likeness (QED) is 0.610. The maximum atomic E-state index is 4.36. The maximum Gasteiger partial charge on any atom is 0.0954 e. The lowest BCUT2D eigenvalue weighted by Crippen LogP contribution is -2.16. The van der Waals surface area contributed by atoms with Crippen molar-refractivity contribution in [2.45, 2.75) is 0 Å². The van der Waals surface area contributed by atoms with Crippen LogP contribution < -0.4 is 4.90 Å². The standard InChI is InChI=1S/C12H9N2/c1-14-8-13-10-6-2-4-9-5-3-7-11(14)12(9)10/h3-8H,1H3. The molecule has 0 saturated carbocycles. The first-order chi connectivity index (χ1) is 6.86. The van der Waals surface area contributed by atoms with Crippen LogP contribution in [0.5, 0.6) is 0 Å². The minimum atomic E-state index is 1.01. The van der Waals surface area contributed by atoms with Gasteiger partial charge in [0, 0.05) is 12.4 Å². The molecule has 0 N–H and O–H groups in total. The van der Waals surface area contributed by atoms with E-state index in [4.69, 9.17) is 0 Å². The molecule has 0 aliphatic carbocycles. The van der Waals surface area contributed by atoms with Crippen LogP contribution in [0, 0.1) is 6.07 Å². The summed E-state index contributed by atoms with van der Waals surface area (Å²) in [5, 5.41) is 2.42. The summed E-state index contributed by atoms with van der Waals surface area (Å²) < 4.78 is 0. The zero-order chi connectivity index (χ0) is 9.54. The lowest BCUT2D eigenvalue weighted by molar-refractivity contribution is 1.28. The molecule has 0 unspecified atom stereocenters. The van der Waals surface area contributed by atoms with E-state index < -0.39 is 0 Å². The number of hydrogen-bond acceptors (Lipinski definition) is 2. The van der Waals surface area contributed by atoms with Gasteiger partial charge in [0.15, 0.2) is 0 Å². The van der Waals surface area contributed by atoms with Gasteiger partial charge in [-0.05, 0) is 29.7 Å². The largest absolute Gasteiger partial charge is 0.335 e. The Hall–Kier alpha value is -1.83. The third-order valence-electron chi connectivity index (χ3n) is 2.54. The number of hydrogen-bond donors (Lipinski definition) is 0. The van der Waals surface area contributed by atoms with Crippen LogP contribution in [0.3, 0.4) is 0 Å². The summed E-state index contributed by atoms with van der Waals surface area (Å²) in [4.78, 5) is 6.40. The molecule has 0 fully saturated rings. The van der Waals surface area contributed by atoms with E-state index in [1.165, 1.54) is 16.5 Å². The van der Waals surface area contributed by atoms with Crippen LogP contribution in [0.1, 0.15) is 0 Å². The summed E-state index contributed by atoms with van der Waals surface area (Å²) in [7, 11) is 2.01.